The number of H-pyrrole nitrogens is 1. The highest BCUT2D eigenvalue weighted by molar-refractivity contribution is 5.79. The standard InChI is InChI=1S/C15H17N7O2.CH2O2/c1-9-12(20-24-19-9)3-14(23)22-6-11(10-4-18-21(2)5-10)15-13(7-22)16-8-17-15;2-1-3/h4-5,8,11H,3,6-7H2,1-2H3,(H,16,17);1H,(H,2,3). The molecule has 1 amide bonds. The highest BCUT2D eigenvalue weighted by atomic mass is 16.6. The fourth-order valence-corrected chi connectivity index (χ4v) is 3.06. The van der Waals surface area contributed by atoms with Crippen molar-refractivity contribution in [1.29, 1.82) is 0 Å². The average molecular weight is 373 g/mol. The van der Waals surface area contributed by atoms with Gasteiger partial charge in [-0.3, -0.25) is 14.3 Å². The lowest BCUT2D eigenvalue weighted by Crippen LogP contribution is -2.39. The van der Waals surface area contributed by atoms with E-state index in [1.54, 1.807) is 17.9 Å². The first kappa shape index (κ1) is 18.3. The summed E-state index contributed by atoms with van der Waals surface area (Å²) in [6.07, 6.45) is 5.64. The molecule has 11 heteroatoms. The van der Waals surface area contributed by atoms with E-state index in [4.69, 9.17) is 9.90 Å². The summed E-state index contributed by atoms with van der Waals surface area (Å²) in [5.74, 6) is -0.00267. The molecule has 0 saturated carbocycles. The first-order chi connectivity index (χ1) is 13.0. The van der Waals surface area contributed by atoms with Crippen molar-refractivity contribution in [3.05, 3.63) is 47.1 Å². The van der Waals surface area contributed by atoms with E-state index < -0.39 is 0 Å². The molecule has 4 heterocycles. The molecule has 0 fully saturated rings. The van der Waals surface area contributed by atoms with Crippen molar-refractivity contribution in [1.82, 2.24) is 35.0 Å². The first-order valence-corrected chi connectivity index (χ1v) is 8.17. The molecule has 1 aliphatic rings. The summed E-state index contributed by atoms with van der Waals surface area (Å²) in [5.41, 5.74) is 4.20. The molecule has 3 aromatic rings. The largest absolute Gasteiger partial charge is 0.483 e. The number of aryl methyl sites for hydroxylation is 2. The minimum atomic E-state index is -0.250. The number of rotatable bonds is 3. The third-order valence-corrected chi connectivity index (χ3v) is 4.38. The smallest absolute Gasteiger partial charge is 0.290 e. The summed E-state index contributed by atoms with van der Waals surface area (Å²) >= 11 is 0. The summed E-state index contributed by atoms with van der Waals surface area (Å²) in [4.78, 5) is 30.4. The molecule has 0 bridgehead atoms. The van der Waals surface area contributed by atoms with E-state index in [9.17, 15) is 4.79 Å². The zero-order valence-electron chi connectivity index (χ0n) is 14.9. The van der Waals surface area contributed by atoms with E-state index in [2.05, 4.69) is 30.0 Å². The van der Waals surface area contributed by atoms with Gasteiger partial charge < -0.3 is 15.0 Å². The van der Waals surface area contributed by atoms with Crippen molar-refractivity contribution < 1.29 is 19.3 Å². The number of nitrogens with one attached hydrogen (secondary N) is 1. The molecule has 0 spiro atoms. The van der Waals surface area contributed by atoms with Gasteiger partial charge in [-0.05, 0) is 6.92 Å². The Morgan fingerprint density at radius 3 is 2.89 bits per heavy atom. The van der Waals surface area contributed by atoms with Gasteiger partial charge in [-0.25, -0.2) is 9.61 Å². The van der Waals surface area contributed by atoms with Crippen molar-refractivity contribution in [2.75, 3.05) is 6.54 Å². The average Bonchev–Trinajstić information content (AvgIpc) is 3.36. The second-order valence-corrected chi connectivity index (χ2v) is 6.12. The summed E-state index contributed by atoms with van der Waals surface area (Å²) < 4.78 is 6.43. The van der Waals surface area contributed by atoms with E-state index >= 15 is 0 Å². The Bertz CT molecular complexity index is 929. The van der Waals surface area contributed by atoms with Crippen LogP contribution in [0.2, 0.25) is 0 Å². The first-order valence-electron chi connectivity index (χ1n) is 8.17. The van der Waals surface area contributed by atoms with Crippen LogP contribution in [0.3, 0.4) is 0 Å². The zero-order chi connectivity index (χ0) is 19.4. The Kier molecular flexibility index (Phi) is 5.29. The van der Waals surface area contributed by atoms with Crippen LogP contribution >= 0.6 is 0 Å². The number of hydrogen-bond acceptors (Lipinski definition) is 7. The minimum Gasteiger partial charge on any atom is -0.483 e. The van der Waals surface area contributed by atoms with Gasteiger partial charge in [-0.2, -0.15) is 5.10 Å². The van der Waals surface area contributed by atoms with Gasteiger partial charge in [0.1, 0.15) is 11.4 Å². The van der Waals surface area contributed by atoms with Crippen molar-refractivity contribution in [2.45, 2.75) is 25.8 Å². The van der Waals surface area contributed by atoms with Crippen molar-refractivity contribution in [2.24, 2.45) is 7.05 Å². The van der Waals surface area contributed by atoms with Crippen LogP contribution in [0.15, 0.2) is 23.4 Å². The Balaban J connectivity index is 0.000000659. The molecule has 1 unspecified atom stereocenters. The number of nitrogens with zero attached hydrogens (tertiary/aromatic N) is 6. The van der Waals surface area contributed by atoms with Gasteiger partial charge in [0.05, 0.1) is 36.9 Å². The molecule has 142 valence electrons. The lowest BCUT2D eigenvalue weighted by Gasteiger charge is -2.31. The Hall–Kier alpha value is -3.50. The molecular weight excluding hydrogens is 354 g/mol. The van der Waals surface area contributed by atoms with Crippen LogP contribution in [0.4, 0.5) is 0 Å². The highest BCUT2D eigenvalue weighted by Crippen LogP contribution is 2.31. The molecule has 0 aromatic carbocycles. The maximum absolute atomic E-state index is 12.7. The van der Waals surface area contributed by atoms with Crippen molar-refractivity contribution in [3.63, 3.8) is 0 Å². The third-order valence-electron chi connectivity index (χ3n) is 4.38. The Morgan fingerprint density at radius 2 is 2.26 bits per heavy atom. The van der Waals surface area contributed by atoms with Crippen molar-refractivity contribution >= 4 is 12.4 Å². The van der Waals surface area contributed by atoms with Gasteiger partial charge in [0.25, 0.3) is 6.47 Å². The molecule has 11 nitrogen and oxygen atoms in total. The molecule has 4 rings (SSSR count). The number of amides is 1. The van der Waals surface area contributed by atoms with E-state index in [1.165, 1.54) is 0 Å². The number of carbonyl (C=O) groups excluding carboxylic acids is 1. The lowest BCUT2D eigenvalue weighted by molar-refractivity contribution is -0.131. The summed E-state index contributed by atoms with van der Waals surface area (Å²) in [5, 5.41) is 18.6. The monoisotopic (exact) mass is 373 g/mol. The summed E-state index contributed by atoms with van der Waals surface area (Å²) in [6.45, 7) is 2.60. The summed E-state index contributed by atoms with van der Waals surface area (Å²) in [7, 11) is 1.88. The number of hydrogen-bond donors (Lipinski definition) is 2. The predicted molar refractivity (Wildman–Crippen MR) is 90.5 cm³/mol. The molecule has 0 radical (unpaired) electrons. The Labute approximate surface area is 154 Å². The molecule has 3 aromatic heterocycles. The Morgan fingerprint density at radius 1 is 1.48 bits per heavy atom. The minimum absolute atomic E-state index is 0.00850. The molecule has 2 N–H and O–H groups in total. The van der Waals surface area contributed by atoms with E-state index in [-0.39, 0.29) is 24.7 Å². The van der Waals surface area contributed by atoms with Crippen LogP contribution in [0, 0.1) is 6.92 Å². The topological polar surface area (TPSA) is 143 Å². The lowest BCUT2D eigenvalue weighted by atomic mass is 9.93. The van der Waals surface area contributed by atoms with E-state index in [0.29, 0.717) is 24.5 Å². The molecule has 0 saturated heterocycles. The van der Waals surface area contributed by atoms with Gasteiger partial charge in [0.2, 0.25) is 5.91 Å². The van der Waals surface area contributed by atoms with Gasteiger partial charge in [-0.15, -0.1) is 0 Å². The van der Waals surface area contributed by atoms with Gasteiger partial charge in [0.15, 0.2) is 0 Å². The van der Waals surface area contributed by atoms with Crippen LogP contribution < -0.4 is 0 Å². The van der Waals surface area contributed by atoms with Gasteiger partial charge in [0, 0.05) is 31.3 Å². The van der Waals surface area contributed by atoms with Crippen LogP contribution in [-0.4, -0.2) is 59.0 Å². The second kappa shape index (κ2) is 7.81. The SMILES string of the molecule is Cc1nonc1CC(=O)N1Cc2[nH]cnc2C(c2cnn(C)c2)C1.O=CO. The fourth-order valence-electron chi connectivity index (χ4n) is 3.06. The highest BCUT2D eigenvalue weighted by Gasteiger charge is 2.32. The summed E-state index contributed by atoms with van der Waals surface area (Å²) in [6, 6.07) is 0. The second-order valence-electron chi connectivity index (χ2n) is 6.12. The van der Waals surface area contributed by atoms with Crippen LogP contribution in [0.5, 0.6) is 0 Å². The van der Waals surface area contributed by atoms with Crippen LogP contribution in [0.1, 0.15) is 34.3 Å². The fraction of sp³-hybridized carbons (Fsp3) is 0.375. The van der Waals surface area contributed by atoms with Crippen molar-refractivity contribution in [3.8, 4) is 0 Å². The molecule has 1 aliphatic heterocycles. The number of carboxylic acid groups (broad SMARTS) is 1. The zero-order valence-corrected chi connectivity index (χ0v) is 14.9. The maximum Gasteiger partial charge on any atom is 0.290 e. The van der Waals surface area contributed by atoms with E-state index in [0.717, 1.165) is 17.0 Å². The number of imidazole rings is 1. The number of carbonyl (C=O) groups is 2. The van der Waals surface area contributed by atoms with E-state index in [1.807, 2.05) is 24.3 Å². The molecular formula is C16H19N7O4. The predicted octanol–water partition coefficient (Wildman–Crippen LogP) is 0.252. The molecule has 27 heavy (non-hydrogen) atoms. The maximum atomic E-state index is 12.7. The number of aromatic nitrogens is 6. The quantitative estimate of drug-likeness (QED) is 0.622. The van der Waals surface area contributed by atoms with Gasteiger partial charge >= 0.3 is 0 Å². The normalized spacial score (nSPS) is 15.6. The molecule has 0 aliphatic carbocycles. The van der Waals surface area contributed by atoms with Crippen LogP contribution in [0.25, 0.3) is 0 Å². The third kappa shape index (κ3) is 3.86. The number of aromatic amines is 1. The van der Waals surface area contributed by atoms with Gasteiger partial charge in [-0.1, -0.05) is 10.3 Å². The number of fused-ring (bicyclic) bond motifs is 1. The molecule has 1 atom stereocenters. The van der Waals surface area contributed by atoms with Crippen LogP contribution in [-0.2, 0) is 29.6 Å².